The van der Waals surface area contributed by atoms with Crippen LogP contribution >= 0.6 is 0 Å². The highest BCUT2D eigenvalue weighted by Gasteiger charge is 2.29. The number of amides is 1. The van der Waals surface area contributed by atoms with Gasteiger partial charge in [-0.2, -0.15) is 0 Å². The zero-order valence-electron chi connectivity index (χ0n) is 18.4. The zero-order valence-corrected chi connectivity index (χ0v) is 19.2. The Kier molecular flexibility index (Phi) is 7.84. The molecule has 9 heteroatoms. The molecule has 2 aromatic rings. The number of benzene rings is 2. The Morgan fingerprint density at radius 2 is 1.72 bits per heavy atom. The van der Waals surface area contributed by atoms with E-state index in [1.54, 1.807) is 0 Å². The van der Waals surface area contributed by atoms with E-state index in [9.17, 15) is 22.0 Å². The van der Waals surface area contributed by atoms with E-state index in [2.05, 4.69) is 10.2 Å². The molecule has 1 aliphatic heterocycles. The lowest BCUT2D eigenvalue weighted by Gasteiger charge is -2.29. The van der Waals surface area contributed by atoms with E-state index in [-0.39, 0.29) is 12.2 Å². The summed E-state index contributed by atoms with van der Waals surface area (Å²) in [6.45, 7) is 4.55. The third kappa shape index (κ3) is 6.04. The minimum absolute atomic E-state index is 0.112. The summed E-state index contributed by atoms with van der Waals surface area (Å²) in [5.41, 5.74) is 1.96. The number of nitrogens with zero attached hydrogens (tertiary/aromatic N) is 2. The number of piperidine rings is 1. The summed E-state index contributed by atoms with van der Waals surface area (Å²) < 4.78 is 52.5. The van der Waals surface area contributed by atoms with Crippen molar-refractivity contribution in [3.05, 3.63) is 65.2 Å². The van der Waals surface area contributed by atoms with E-state index in [0.717, 1.165) is 59.5 Å². The molecule has 1 saturated heterocycles. The molecule has 1 fully saturated rings. The van der Waals surface area contributed by atoms with Crippen molar-refractivity contribution in [3.63, 3.8) is 0 Å². The Morgan fingerprint density at radius 1 is 1.06 bits per heavy atom. The topological polar surface area (TPSA) is 69.7 Å². The number of halogens is 2. The average molecular weight is 466 g/mol. The first-order valence-corrected chi connectivity index (χ1v) is 12.5. The molecular formula is C23H29F2N3O3S. The van der Waals surface area contributed by atoms with Crippen molar-refractivity contribution in [2.45, 2.75) is 45.3 Å². The summed E-state index contributed by atoms with van der Waals surface area (Å²) in [7, 11) is -3.93. The first-order chi connectivity index (χ1) is 15.2. The van der Waals surface area contributed by atoms with Gasteiger partial charge in [0.1, 0.15) is 6.04 Å². The zero-order chi connectivity index (χ0) is 23.3. The number of carbonyl (C=O) groups is 1. The molecule has 1 aliphatic rings. The van der Waals surface area contributed by atoms with Crippen LogP contribution in [0, 0.1) is 11.6 Å². The molecule has 0 radical (unpaired) electrons. The molecule has 0 aliphatic carbocycles. The quantitative estimate of drug-likeness (QED) is 0.649. The van der Waals surface area contributed by atoms with Gasteiger partial charge in [-0.05, 0) is 56.1 Å². The number of nitrogens with one attached hydrogen (secondary N) is 1. The first-order valence-electron chi connectivity index (χ1n) is 10.7. The number of hydrogen-bond donors (Lipinski definition) is 1. The van der Waals surface area contributed by atoms with Crippen molar-refractivity contribution >= 4 is 21.6 Å². The molecule has 6 nitrogen and oxygen atoms in total. The highest BCUT2D eigenvalue weighted by molar-refractivity contribution is 7.92. The standard InChI is InChI=1S/C23H29F2N3O3S/c1-17(28(32(2,30)31)20-10-11-21(24)22(25)14-20)23(29)26-15-18-8-4-5-9-19(18)16-27-12-6-3-7-13-27/h4-5,8-11,14,17H,3,6-7,12-13,15-16H2,1-2H3,(H,26,29). The van der Waals surface area contributed by atoms with Crippen LogP contribution < -0.4 is 9.62 Å². The maximum Gasteiger partial charge on any atom is 0.243 e. The number of sulfonamides is 1. The van der Waals surface area contributed by atoms with Gasteiger partial charge in [0.15, 0.2) is 11.6 Å². The molecular weight excluding hydrogens is 436 g/mol. The normalized spacial score (nSPS) is 15.9. The number of carbonyl (C=O) groups excluding carboxylic acids is 1. The highest BCUT2D eigenvalue weighted by atomic mass is 32.2. The van der Waals surface area contributed by atoms with Crippen LogP contribution in [0.25, 0.3) is 0 Å². The van der Waals surface area contributed by atoms with Gasteiger partial charge in [0.2, 0.25) is 15.9 Å². The van der Waals surface area contributed by atoms with Crippen LogP contribution in [0.3, 0.4) is 0 Å². The van der Waals surface area contributed by atoms with Gasteiger partial charge in [-0.15, -0.1) is 0 Å². The predicted octanol–water partition coefficient (Wildman–Crippen LogP) is 3.42. The molecule has 0 bridgehead atoms. The summed E-state index contributed by atoms with van der Waals surface area (Å²) in [5, 5.41) is 2.79. The summed E-state index contributed by atoms with van der Waals surface area (Å²) in [5.74, 6) is -2.81. The lowest BCUT2D eigenvalue weighted by atomic mass is 10.0. The summed E-state index contributed by atoms with van der Waals surface area (Å²) in [6, 6.07) is 9.42. The van der Waals surface area contributed by atoms with Crippen LogP contribution in [0.15, 0.2) is 42.5 Å². The van der Waals surface area contributed by atoms with E-state index in [1.807, 2.05) is 24.3 Å². The molecule has 0 spiro atoms. The van der Waals surface area contributed by atoms with E-state index < -0.39 is 33.6 Å². The van der Waals surface area contributed by atoms with Crippen LogP contribution in [0.2, 0.25) is 0 Å². The molecule has 3 rings (SSSR count). The van der Waals surface area contributed by atoms with Gasteiger partial charge in [-0.1, -0.05) is 30.7 Å². The fourth-order valence-corrected chi connectivity index (χ4v) is 5.17. The van der Waals surface area contributed by atoms with E-state index >= 15 is 0 Å². The van der Waals surface area contributed by atoms with Gasteiger partial charge in [0, 0.05) is 19.2 Å². The SMILES string of the molecule is CC(C(=O)NCc1ccccc1CN1CCCCC1)N(c1ccc(F)c(F)c1)S(C)(=O)=O. The van der Waals surface area contributed by atoms with Crippen molar-refractivity contribution < 1.29 is 22.0 Å². The predicted molar refractivity (Wildman–Crippen MR) is 121 cm³/mol. The van der Waals surface area contributed by atoms with Gasteiger partial charge in [0.25, 0.3) is 0 Å². The summed E-state index contributed by atoms with van der Waals surface area (Å²) in [6.07, 6.45) is 4.54. The van der Waals surface area contributed by atoms with Crippen LogP contribution in [-0.4, -0.2) is 44.6 Å². The molecule has 1 atom stereocenters. The fourth-order valence-electron chi connectivity index (χ4n) is 4.00. The highest BCUT2D eigenvalue weighted by Crippen LogP contribution is 2.23. The largest absolute Gasteiger partial charge is 0.350 e. The number of likely N-dealkylation sites (tertiary alicyclic amines) is 1. The number of hydrogen-bond acceptors (Lipinski definition) is 4. The molecule has 0 aromatic heterocycles. The molecule has 1 unspecified atom stereocenters. The monoisotopic (exact) mass is 465 g/mol. The molecule has 2 aromatic carbocycles. The maximum atomic E-state index is 13.7. The number of rotatable bonds is 8. The van der Waals surface area contributed by atoms with Crippen molar-refractivity contribution in [1.29, 1.82) is 0 Å². The Balaban J connectivity index is 1.72. The molecule has 1 amide bonds. The molecule has 0 saturated carbocycles. The number of anilines is 1. The molecule has 1 heterocycles. The molecule has 32 heavy (non-hydrogen) atoms. The second-order valence-electron chi connectivity index (χ2n) is 8.16. The lowest BCUT2D eigenvalue weighted by molar-refractivity contribution is -0.122. The third-order valence-corrected chi connectivity index (χ3v) is 6.90. The van der Waals surface area contributed by atoms with E-state index in [4.69, 9.17) is 0 Å². The Hall–Kier alpha value is -2.52. The second kappa shape index (κ2) is 10.4. The molecule has 174 valence electrons. The fraction of sp³-hybridized carbons (Fsp3) is 0.435. The van der Waals surface area contributed by atoms with Gasteiger partial charge >= 0.3 is 0 Å². The van der Waals surface area contributed by atoms with Gasteiger partial charge in [-0.3, -0.25) is 14.0 Å². The summed E-state index contributed by atoms with van der Waals surface area (Å²) in [4.78, 5) is 15.2. The van der Waals surface area contributed by atoms with Crippen LogP contribution in [0.4, 0.5) is 14.5 Å². The second-order valence-corrected chi connectivity index (χ2v) is 10.0. The lowest BCUT2D eigenvalue weighted by Crippen LogP contribution is -2.47. The first kappa shape index (κ1) is 24.1. The minimum atomic E-state index is -3.93. The van der Waals surface area contributed by atoms with Crippen LogP contribution in [0.1, 0.15) is 37.3 Å². The van der Waals surface area contributed by atoms with Gasteiger partial charge in [0.05, 0.1) is 11.9 Å². The Morgan fingerprint density at radius 3 is 2.34 bits per heavy atom. The van der Waals surface area contributed by atoms with Crippen molar-refractivity contribution in [3.8, 4) is 0 Å². The van der Waals surface area contributed by atoms with Gasteiger partial charge in [-0.25, -0.2) is 17.2 Å². The van der Waals surface area contributed by atoms with E-state index in [1.165, 1.54) is 26.2 Å². The van der Waals surface area contributed by atoms with Crippen molar-refractivity contribution in [2.24, 2.45) is 0 Å². The third-order valence-electron chi connectivity index (χ3n) is 5.66. The minimum Gasteiger partial charge on any atom is -0.350 e. The van der Waals surface area contributed by atoms with Crippen molar-refractivity contribution in [2.75, 3.05) is 23.7 Å². The molecule has 1 N–H and O–H groups in total. The maximum absolute atomic E-state index is 13.7. The Bertz CT molecular complexity index is 1060. The van der Waals surface area contributed by atoms with Crippen LogP contribution in [-0.2, 0) is 27.9 Å². The smallest absolute Gasteiger partial charge is 0.243 e. The van der Waals surface area contributed by atoms with Gasteiger partial charge < -0.3 is 5.32 Å². The van der Waals surface area contributed by atoms with E-state index in [0.29, 0.717) is 0 Å². The van der Waals surface area contributed by atoms with Crippen molar-refractivity contribution in [1.82, 2.24) is 10.2 Å². The summed E-state index contributed by atoms with van der Waals surface area (Å²) >= 11 is 0. The average Bonchev–Trinajstić information content (AvgIpc) is 2.75. The van der Waals surface area contributed by atoms with Crippen LogP contribution in [0.5, 0.6) is 0 Å². The Labute approximate surface area is 188 Å².